The molecule has 0 bridgehead atoms. The average molecular weight is 235 g/mol. The number of hydrogen-bond acceptors (Lipinski definition) is 3. The maximum absolute atomic E-state index is 11.1. The number of likely N-dealkylation sites (N-methyl/N-ethyl adjacent to an activating group) is 1. The summed E-state index contributed by atoms with van der Waals surface area (Å²) < 4.78 is 0. The van der Waals surface area contributed by atoms with Gasteiger partial charge in [-0.15, -0.1) is 0 Å². The number of rotatable bonds is 6. The minimum atomic E-state index is -0.300. The van der Waals surface area contributed by atoms with Gasteiger partial charge in [-0.3, -0.25) is 4.79 Å². The molecule has 3 N–H and O–H groups in total. The number of aryl methyl sites for hydroxylation is 1. The van der Waals surface area contributed by atoms with Crippen LogP contribution in [-0.2, 0) is 4.79 Å². The van der Waals surface area contributed by atoms with E-state index in [4.69, 9.17) is 5.73 Å². The lowest BCUT2D eigenvalue weighted by atomic mass is 10.1. The highest BCUT2D eigenvalue weighted by Crippen LogP contribution is 2.17. The van der Waals surface area contributed by atoms with E-state index in [1.807, 2.05) is 19.2 Å². The van der Waals surface area contributed by atoms with Crippen molar-refractivity contribution in [1.82, 2.24) is 5.32 Å². The van der Waals surface area contributed by atoms with E-state index < -0.39 is 0 Å². The number of carbonyl (C=O) groups excluding carboxylic acids is 1. The SMILES string of the molecule is CNC(CCN(C)c1ccccc1C)C(N)=O. The van der Waals surface area contributed by atoms with Gasteiger partial charge >= 0.3 is 0 Å². The van der Waals surface area contributed by atoms with Gasteiger partial charge in [0.25, 0.3) is 0 Å². The number of nitrogens with two attached hydrogens (primary N) is 1. The molecule has 1 amide bonds. The first kappa shape index (κ1) is 13.5. The summed E-state index contributed by atoms with van der Waals surface area (Å²) in [6.07, 6.45) is 0.705. The second-order valence-electron chi connectivity index (χ2n) is 4.24. The third-order valence-corrected chi connectivity index (χ3v) is 2.97. The summed E-state index contributed by atoms with van der Waals surface area (Å²) in [4.78, 5) is 13.2. The first-order valence-corrected chi connectivity index (χ1v) is 5.79. The molecule has 0 aliphatic rings. The maximum atomic E-state index is 11.1. The molecular formula is C13H21N3O. The molecule has 0 aliphatic carbocycles. The van der Waals surface area contributed by atoms with Gasteiger partial charge in [-0.2, -0.15) is 0 Å². The van der Waals surface area contributed by atoms with Crippen LogP contribution in [0.3, 0.4) is 0 Å². The fourth-order valence-corrected chi connectivity index (χ4v) is 1.86. The van der Waals surface area contributed by atoms with Crippen LogP contribution in [0.1, 0.15) is 12.0 Å². The van der Waals surface area contributed by atoms with E-state index in [1.54, 1.807) is 7.05 Å². The zero-order valence-corrected chi connectivity index (χ0v) is 10.7. The molecule has 0 heterocycles. The maximum Gasteiger partial charge on any atom is 0.234 e. The molecule has 1 aromatic rings. The summed E-state index contributed by atoms with van der Waals surface area (Å²) in [5.74, 6) is -0.300. The van der Waals surface area contributed by atoms with Crippen molar-refractivity contribution in [3.63, 3.8) is 0 Å². The van der Waals surface area contributed by atoms with Crippen molar-refractivity contribution in [2.75, 3.05) is 25.5 Å². The van der Waals surface area contributed by atoms with E-state index >= 15 is 0 Å². The molecule has 0 saturated carbocycles. The van der Waals surface area contributed by atoms with Crippen LogP contribution in [0.4, 0.5) is 5.69 Å². The smallest absolute Gasteiger partial charge is 0.234 e. The predicted octanol–water partition coefficient (Wildman–Crippen LogP) is 0.895. The number of amides is 1. The minimum absolute atomic E-state index is 0.263. The minimum Gasteiger partial charge on any atom is -0.374 e. The van der Waals surface area contributed by atoms with Crippen LogP contribution in [0.5, 0.6) is 0 Å². The molecule has 0 aromatic heterocycles. The van der Waals surface area contributed by atoms with E-state index in [2.05, 4.69) is 29.3 Å². The van der Waals surface area contributed by atoms with Crippen LogP contribution in [-0.4, -0.2) is 32.6 Å². The van der Waals surface area contributed by atoms with Gasteiger partial charge < -0.3 is 16.0 Å². The molecule has 1 atom stereocenters. The molecule has 1 unspecified atom stereocenters. The summed E-state index contributed by atoms with van der Waals surface area (Å²) in [7, 11) is 3.78. The van der Waals surface area contributed by atoms with Gasteiger partial charge in [-0.05, 0) is 32.0 Å². The van der Waals surface area contributed by atoms with Gasteiger partial charge in [-0.1, -0.05) is 18.2 Å². The fraction of sp³-hybridized carbons (Fsp3) is 0.462. The first-order chi connectivity index (χ1) is 8.06. The van der Waals surface area contributed by atoms with Crippen LogP contribution in [0, 0.1) is 6.92 Å². The number of nitrogens with zero attached hydrogens (tertiary/aromatic N) is 1. The van der Waals surface area contributed by atoms with Crippen molar-refractivity contribution in [2.24, 2.45) is 5.73 Å². The molecule has 0 spiro atoms. The number of nitrogens with one attached hydrogen (secondary N) is 1. The Morgan fingerprint density at radius 1 is 1.47 bits per heavy atom. The van der Waals surface area contributed by atoms with Gasteiger partial charge in [0.1, 0.15) is 0 Å². The highest BCUT2D eigenvalue weighted by Gasteiger charge is 2.13. The lowest BCUT2D eigenvalue weighted by Gasteiger charge is -2.23. The predicted molar refractivity (Wildman–Crippen MR) is 71.1 cm³/mol. The Bertz CT molecular complexity index is 379. The van der Waals surface area contributed by atoms with E-state index in [0.29, 0.717) is 6.42 Å². The van der Waals surface area contributed by atoms with Crippen molar-refractivity contribution in [3.05, 3.63) is 29.8 Å². The highest BCUT2D eigenvalue weighted by molar-refractivity contribution is 5.79. The summed E-state index contributed by atoms with van der Waals surface area (Å²) in [5.41, 5.74) is 7.70. The van der Waals surface area contributed by atoms with E-state index in [1.165, 1.54) is 11.3 Å². The van der Waals surface area contributed by atoms with Crippen LogP contribution in [0.2, 0.25) is 0 Å². The third-order valence-electron chi connectivity index (χ3n) is 2.97. The summed E-state index contributed by atoms with van der Waals surface area (Å²) in [6, 6.07) is 7.93. The molecule has 4 heteroatoms. The zero-order chi connectivity index (χ0) is 12.8. The molecule has 0 saturated heterocycles. The first-order valence-electron chi connectivity index (χ1n) is 5.79. The molecule has 0 radical (unpaired) electrons. The standard InChI is InChI=1S/C13H21N3O/c1-10-6-4-5-7-12(10)16(3)9-8-11(15-2)13(14)17/h4-7,11,15H,8-9H2,1-3H3,(H2,14,17). The lowest BCUT2D eigenvalue weighted by molar-refractivity contribution is -0.119. The van der Waals surface area contributed by atoms with Gasteiger partial charge in [0.05, 0.1) is 6.04 Å². The zero-order valence-electron chi connectivity index (χ0n) is 10.7. The molecule has 4 nitrogen and oxygen atoms in total. The molecule has 1 rings (SSSR count). The average Bonchev–Trinajstić information content (AvgIpc) is 2.29. The van der Waals surface area contributed by atoms with Gasteiger partial charge in [0.15, 0.2) is 0 Å². The van der Waals surface area contributed by atoms with Crippen LogP contribution in [0.25, 0.3) is 0 Å². The third kappa shape index (κ3) is 3.75. The normalized spacial score (nSPS) is 12.2. The van der Waals surface area contributed by atoms with Crippen molar-refractivity contribution in [1.29, 1.82) is 0 Å². The van der Waals surface area contributed by atoms with E-state index in [9.17, 15) is 4.79 Å². The van der Waals surface area contributed by atoms with Gasteiger partial charge in [0.2, 0.25) is 5.91 Å². The van der Waals surface area contributed by atoms with Crippen molar-refractivity contribution in [3.8, 4) is 0 Å². The second kappa shape index (κ2) is 6.25. The molecule has 1 aromatic carbocycles. The Morgan fingerprint density at radius 2 is 2.12 bits per heavy atom. The van der Waals surface area contributed by atoms with Crippen LogP contribution in [0.15, 0.2) is 24.3 Å². The highest BCUT2D eigenvalue weighted by atomic mass is 16.1. The number of primary amides is 1. The van der Waals surface area contributed by atoms with Crippen LogP contribution < -0.4 is 16.0 Å². The number of benzene rings is 1. The Hall–Kier alpha value is -1.55. The topological polar surface area (TPSA) is 58.4 Å². The molecule has 0 fully saturated rings. The number of carbonyl (C=O) groups is 1. The lowest BCUT2D eigenvalue weighted by Crippen LogP contribution is -2.41. The van der Waals surface area contributed by atoms with Crippen molar-refractivity contribution >= 4 is 11.6 Å². The van der Waals surface area contributed by atoms with Crippen molar-refractivity contribution < 1.29 is 4.79 Å². The quantitative estimate of drug-likeness (QED) is 0.770. The molecular weight excluding hydrogens is 214 g/mol. The number of hydrogen-bond donors (Lipinski definition) is 2. The largest absolute Gasteiger partial charge is 0.374 e. The summed E-state index contributed by atoms with van der Waals surface area (Å²) >= 11 is 0. The Balaban J connectivity index is 2.58. The second-order valence-corrected chi connectivity index (χ2v) is 4.24. The van der Waals surface area contributed by atoms with E-state index in [0.717, 1.165) is 6.54 Å². The van der Waals surface area contributed by atoms with Gasteiger partial charge in [0, 0.05) is 19.3 Å². The summed E-state index contributed by atoms with van der Waals surface area (Å²) in [6.45, 7) is 2.87. The summed E-state index contributed by atoms with van der Waals surface area (Å²) in [5, 5.41) is 2.92. The Kier molecular flexibility index (Phi) is 4.97. The van der Waals surface area contributed by atoms with Gasteiger partial charge in [-0.25, -0.2) is 0 Å². The van der Waals surface area contributed by atoms with E-state index in [-0.39, 0.29) is 11.9 Å². The number of para-hydroxylation sites is 1. The number of anilines is 1. The molecule has 94 valence electrons. The Morgan fingerprint density at radius 3 is 2.65 bits per heavy atom. The van der Waals surface area contributed by atoms with Crippen molar-refractivity contribution in [2.45, 2.75) is 19.4 Å². The monoisotopic (exact) mass is 235 g/mol. The van der Waals surface area contributed by atoms with Crippen LogP contribution >= 0.6 is 0 Å². The Labute approximate surface area is 103 Å². The molecule has 17 heavy (non-hydrogen) atoms. The fourth-order valence-electron chi connectivity index (χ4n) is 1.86. The molecule has 0 aliphatic heterocycles.